The van der Waals surface area contributed by atoms with Gasteiger partial charge in [-0.2, -0.15) is 0 Å². The van der Waals surface area contributed by atoms with Gasteiger partial charge in [0.2, 0.25) is 0 Å². The van der Waals surface area contributed by atoms with Crippen LogP contribution in [0, 0.1) is 0 Å². The van der Waals surface area contributed by atoms with Crippen molar-refractivity contribution in [2.45, 2.75) is 84.5 Å². The molecule has 0 fully saturated rings. The Balaban J connectivity index is 1.51. The van der Waals surface area contributed by atoms with E-state index in [0.717, 1.165) is 76.2 Å². The van der Waals surface area contributed by atoms with E-state index < -0.39 is 15.5 Å². The number of para-hydroxylation sites is 2. The molecule has 0 aromatic heterocycles. The first kappa shape index (κ1) is 39.7. The number of rotatable bonds is 24. The second kappa shape index (κ2) is 21.4. The maximum Gasteiger partial charge on any atom is 0.512 e. The maximum atomic E-state index is 13.7. The number of hydrogen-bond acceptors (Lipinski definition) is 6. The zero-order valence-electron chi connectivity index (χ0n) is 27.2. The number of hydrogen-bond donors (Lipinski definition) is 2. The van der Waals surface area contributed by atoms with Crippen LogP contribution < -0.4 is 23.7 Å². The van der Waals surface area contributed by atoms with Gasteiger partial charge in [0.1, 0.15) is 17.2 Å². The van der Waals surface area contributed by atoms with Gasteiger partial charge in [0.25, 0.3) is 0 Å². The number of aryl methyl sites for hydroxylation is 1. The van der Waals surface area contributed by atoms with Crippen molar-refractivity contribution in [1.82, 2.24) is 10.2 Å². The van der Waals surface area contributed by atoms with Crippen LogP contribution in [0.1, 0.15) is 83.6 Å². The van der Waals surface area contributed by atoms with Crippen molar-refractivity contribution in [2.75, 3.05) is 19.7 Å². The van der Waals surface area contributed by atoms with Crippen LogP contribution in [0.5, 0.6) is 17.2 Å². The van der Waals surface area contributed by atoms with E-state index in [9.17, 15) is 9.13 Å². The number of benzene rings is 3. The van der Waals surface area contributed by atoms with Crippen LogP contribution in [-0.4, -0.2) is 19.7 Å². The Kier molecular flexibility index (Phi) is 18.1. The molecule has 0 aliphatic carbocycles. The normalized spacial score (nSPS) is 12.9. The largest absolute Gasteiger partial charge is 0.512 e. The molecule has 0 amide bonds. The average molecular weight is 748 g/mol. The topological polar surface area (TPSA) is 95.1 Å². The summed E-state index contributed by atoms with van der Waals surface area (Å²) in [5.41, 5.74) is 0.913. The summed E-state index contributed by atoms with van der Waals surface area (Å²) in [5.74, 6) is 0.834. The van der Waals surface area contributed by atoms with Crippen molar-refractivity contribution in [3.05, 3.63) is 87.4 Å². The Bertz CT molecular complexity index is 1410. The molecular formula is C34H47Cl3N2O6P2. The molecule has 47 heavy (non-hydrogen) atoms. The number of unbranched alkanes of at least 4 members (excludes halogenated alkanes) is 7. The van der Waals surface area contributed by atoms with Crippen molar-refractivity contribution in [3.8, 4) is 17.2 Å². The second-order valence-corrected chi connectivity index (χ2v) is 15.7. The van der Waals surface area contributed by atoms with Gasteiger partial charge >= 0.3 is 15.5 Å². The van der Waals surface area contributed by atoms with E-state index in [4.69, 9.17) is 52.9 Å². The van der Waals surface area contributed by atoms with Crippen LogP contribution in [0.2, 0.25) is 15.1 Å². The van der Waals surface area contributed by atoms with Crippen LogP contribution in [-0.2, 0) is 20.1 Å². The third-order valence-electron chi connectivity index (χ3n) is 7.15. The Labute approximate surface area is 295 Å². The number of nitrogens with one attached hydrogen (secondary N) is 2. The molecule has 0 heterocycles. The van der Waals surface area contributed by atoms with E-state index in [1.165, 1.54) is 0 Å². The van der Waals surface area contributed by atoms with Crippen molar-refractivity contribution in [3.63, 3.8) is 0 Å². The first-order valence-corrected chi connectivity index (χ1v) is 20.6. The van der Waals surface area contributed by atoms with Gasteiger partial charge in [-0.15, -0.1) is 0 Å². The molecule has 1 atom stereocenters. The quantitative estimate of drug-likeness (QED) is 0.0691. The molecule has 3 rings (SSSR count). The minimum Gasteiger partial charge on any atom is -0.412 e. The molecule has 3 aromatic rings. The van der Waals surface area contributed by atoms with Crippen LogP contribution in [0.4, 0.5) is 0 Å². The van der Waals surface area contributed by atoms with Gasteiger partial charge in [-0.3, -0.25) is 4.52 Å². The minimum absolute atomic E-state index is 0.242. The lowest BCUT2D eigenvalue weighted by Crippen LogP contribution is -2.20. The average Bonchev–Trinajstić information content (AvgIpc) is 3.04. The fourth-order valence-corrected chi connectivity index (χ4v) is 8.16. The molecule has 260 valence electrons. The molecule has 0 bridgehead atoms. The fraction of sp³-hybridized carbons (Fsp3) is 0.471. The monoisotopic (exact) mass is 746 g/mol. The summed E-state index contributed by atoms with van der Waals surface area (Å²) in [5, 5.41) is 7.04. The Morgan fingerprint density at radius 2 is 1.09 bits per heavy atom. The van der Waals surface area contributed by atoms with Gasteiger partial charge in [-0.25, -0.2) is 19.3 Å². The van der Waals surface area contributed by atoms with E-state index in [1.54, 1.807) is 54.6 Å². The first-order chi connectivity index (χ1) is 22.7. The second-order valence-electron chi connectivity index (χ2n) is 11.1. The van der Waals surface area contributed by atoms with Gasteiger partial charge in [0.15, 0.2) is 0 Å². The molecule has 1 unspecified atom stereocenters. The van der Waals surface area contributed by atoms with Crippen molar-refractivity contribution in [1.29, 1.82) is 0 Å². The summed E-state index contributed by atoms with van der Waals surface area (Å²) in [6.07, 6.45) is 9.99. The summed E-state index contributed by atoms with van der Waals surface area (Å²) < 4.78 is 50.5. The van der Waals surface area contributed by atoms with Crippen LogP contribution in [0.3, 0.4) is 0 Å². The predicted molar refractivity (Wildman–Crippen MR) is 195 cm³/mol. The van der Waals surface area contributed by atoms with Crippen LogP contribution in [0.25, 0.3) is 0 Å². The van der Waals surface area contributed by atoms with Gasteiger partial charge in [-0.1, -0.05) is 124 Å². The lowest BCUT2D eigenvalue weighted by Gasteiger charge is -2.21. The summed E-state index contributed by atoms with van der Waals surface area (Å²) in [7, 11) is -7.43. The van der Waals surface area contributed by atoms with E-state index in [0.29, 0.717) is 40.5 Å². The Morgan fingerprint density at radius 3 is 1.68 bits per heavy atom. The Hall–Kier alpha value is -1.73. The number of halogens is 3. The van der Waals surface area contributed by atoms with Gasteiger partial charge in [0, 0.05) is 13.1 Å². The van der Waals surface area contributed by atoms with Gasteiger partial charge in [-0.05, 0) is 68.0 Å². The first-order valence-electron chi connectivity index (χ1n) is 16.4. The molecule has 2 N–H and O–H groups in total. The lowest BCUT2D eigenvalue weighted by molar-refractivity contribution is 0.251. The lowest BCUT2D eigenvalue weighted by atomic mass is 10.1. The van der Waals surface area contributed by atoms with Crippen molar-refractivity contribution < 1.29 is 27.2 Å². The van der Waals surface area contributed by atoms with E-state index in [2.05, 4.69) is 24.0 Å². The molecule has 0 aliphatic heterocycles. The smallest absolute Gasteiger partial charge is 0.412 e. The van der Waals surface area contributed by atoms with E-state index >= 15 is 0 Å². The van der Waals surface area contributed by atoms with Crippen LogP contribution in [0.15, 0.2) is 66.7 Å². The Morgan fingerprint density at radius 1 is 0.574 bits per heavy atom. The molecule has 0 saturated heterocycles. The summed E-state index contributed by atoms with van der Waals surface area (Å²) >= 11 is 19.2. The van der Waals surface area contributed by atoms with Crippen LogP contribution >= 0.6 is 50.3 Å². The molecule has 13 heteroatoms. The predicted octanol–water partition coefficient (Wildman–Crippen LogP) is 12.1. The highest BCUT2D eigenvalue weighted by molar-refractivity contribution is 7.52. The third-order valence-corrected chi connectivity index (χ3v) is 11.3. The highest BCUT2D eigenvalue weighted by Gasteiger charge is 2.30. The summed E-state index contributed by atoms with van der Waals surface area (Å²) in [6.45, 7) is 5.48. The molecular weight excluding hydrogens is 701 g/mol. The standard InChI is InChI=1S/C34H47Cl3N2O6P2/c1-3-5-7-15-25-38-46(40,42-27-6-4-2)45-33-24-17-19-28(34(33)37)18-10-8-9-16-26-39-47(41,43-31-22-13-11-20-29(31)35)44-32-23-14-12-21-30(32)36/h11-14,17,19-24H,3-10,15-16,18,25-27H2,1-2H3,(H,38,40)(H,39,41). The summed E-state index contributed by atoms with van der Waals surface area (Å²) in [4.78, 5) is 0. The molecule has 8 nitrogen and oxygen atoms in total. The SMILES string of the molecule is CCCCCCNP(=O)(OCCCC)Oc1cccc(CCCCCCNP(=O)(Oc2ccccc2Cl)Oc2ccccc2Cl)c1Cl. The zero-order valence-corrected chi connectivity index (χ0v) is 31.3. The third kappa shape index (κ3) is 14.3. The molecule has 0 saturated carbocycles. The highest BCUT2D eigenvalue weighted by Crippen LogP contribution is 2.49. The van der Waals surface area contributed by atoms with Crippen molar-refractivity contribution >= 4 is 50.3 Å². The molecule has 0 spiro atoms. The van der Waals surface area contributed by atoms with Crippen molar-refractivity contribution in [2.24, 2.45) is 0 Å². The molecule has 0 radical (unpaired) electrons. The highest BCUT2D eigenvalue weighted by atomic mass is 35.5. The fourth-order valence-electron chi connectivity index (χ4n) is 4.54. The maximum absolute atomic E-state index is 13.7. The summed E-state index contributed by atoms with van der Waals surface area (Å²) in [6, 6.07) is 19.1. The minimum atomic E-state index is -3.86. The van der Waals surface area contributed by atoms with Gasteiger partial charge < -0.3 is 13.6 Å². The zero-order chi connectivity index (χ0) is 34.0. The van der Waals surface area contributed by atoms with Gasteiger partial charge in [0.05, 0.1) is 21.7 Å². The molecule has 3 aromatic carbocycles. The van der Waals surface area contributed by atoms with E-state index in [-0.39, 0.29) is 11.5 Å². The van der Waals surface area contributed by atoms with E-state index in [1.807, 2.05) is 12.1 Å². The molecule has 0 aliphatic rings.